The fourth-order valence-corrected chi connectivity index (χ4v) is 2.99. The Labute approximate surface area is 161 Å². The third kappa shape index (κ3) is 10.7. The van der Waals surface area contributed by atoms with Gasteiger partial charge in [-0.25, -0.2) is 4.79 Å². The van der Waals surface area contributed by atoms with Crippen molar-refractivity contribution in [2.24, 2.45) is 0 Å². The molecule has 0 saturated carbocycles. The van der Waals surface area contributed by atoms with E-state index in [1.807, 2.05) is 6.92 Å². The summed E-state index contributed by atoms with van der Waals surface area (Å²) in [6.07, 6.45) is 11.6. The molecule has 0 aliphatic carbocycles. The molecular weight excluding hydrogens is 350 g/mol. The summed E-state index contributed by atoms with van der Waals surface area (Å²) in [6.45, 7) is 2.28. The van der Waals surface area contributed by atoms with Crippen LogP contribution in [0.15, 0.2) is 0 Å². The summed E-state index contributed by atoms with van der Waals surface area (Å²) in [7, 11) is 0. The number of carbonyl (C=O) groups is 4. The largest absolute Gasteiger partial charge is 0.466 e. The van der Waals surface area contributed by atoms with Gasteiger partial charge in [-0.1, -0.05) is 51.4 Å². The van der Waals surface area contributed by atoms with Crippen molar-refractivity contribution in [3.63, 3.8) is 0 Å². The fourth-order valence-electron chi connectivity index (χ4n) is 2.99. The van der Waals surface area contributed by atoms with Crippen LogP contribution in [-0.2, 0) is 28.8 Å². The van der Waals surface area contributed by atoms with E-state index < -0.39 is 17.8 Å². The summed E-state index contributed by atoms with van der Waals surface area (Å²) >= 11 is 0. The second-order valence-electron chi connectivity index (χ2n) is 6.89. The van der Waals surface area contributed by atoms with Crippen LogP contribution in [0, 0.1) is 0 Å². The molecule has 0 aromatic rings. The van der Waals surface area contributed by atoms with Crippen LogP contribution < -0.4 is 0 Å². The maximum absolute atomic E-state index is 11.6. The fraction of sp³-hybridized carbons (Fsp3) is 0.800. The molecule has 0 aromatic carbocycles. The summed E-state index contributed by atoms with van der Waals surface area (Å²) in [4.78, 5) is 50.3. The summed E-state index contributed by atoms with van der Waals surface area (Å²) in [5.41, 5.74) is 0. The molecule has 1 aliphatic rings. The molecule has 1 rings (SSSR count). The maximum Gasteiger partial charge on any atom is 0.333 e. The van der Waals surface area contributed by atoms with Crippen LogP contribution in [0.2, 0.25) is 0 Å². The molecule has 154 valence electrons. The Balaban J connectivity index is 1.85. The highest BCUT2D eigenvalue weighted by atomic mass is 16.7. The van der Waals surface area contributed by atoms with E-state index in [9.17, 15) is 19.2 Å². The lowest BCUT2D eigenvalue weighted by atomic mass is 10.1. The topological polar surface area (TPSA) is 90.0 Å². The van der Waals surface area contributed by atoms with E-state index in [1.54, 1.807) is 0 Å². The first-order chi connectivity index (χ1) is 13.0. The van der Waals surface area contributed by atoms with Gasteiger partial charge in [0, 0.05) is 25.7 Å². The van der Waals surface area contributed by atoms with Gasteiger partial charge in [0.05, 0.1) is 6.61 Å². The Morgan fingerprint density at radius 2 is 1.15 bits per heavy atom. The number of hydrogen-bond acceptors (Lipinski definition) is 6. The smallest absolute Gasteiger partial charge is 0.333 e. The highest BCUT2D eigenvalue weighted by Crippen LogP contribution is 2.15. The lowest BCUT2D eigenvalue weighted by Gasteiger charge is -2.12. The van der Waals surface area contributed by atoms with Crippen LogP contribution in [0.3, 0.4) is 0 Å². The van der Waals surface area contributed by atoms with Crippen LogP contribution in [0.5, 0.6) is 0 Å². The third-order valence-corrected chi connectivity index (χ3v) is 4.52. The summed E-state index contributed by atoms with van der Waals surface area (Å²) in [6, 6.07) is 0. The van der Waals surface area contributed by atoms with E-state index in [0.717, 1.165) is 38.5 Å². The van der Waals surface area contributed by atoms with Crippen LogP contribution in [0.4, 0.5) is 0 Å². The number of amides is 2. The molecule has 1 aliphatic heterocycles. The Morgan fingerprint density at radius 3 is 1.59 bits per heavy atom. The van der Waals surface area contributed by atoms with Gasteiger partial charge in [0.25, 0.3) is 11.8 Å². The average molecular weight is 383 g/mol. The molecule has 0 unspecified atom stereocenters. The lowest BCUT2D eigenvalue weighted by molar-refractivity contribution is -0.197. The van der Waals surface area contributed by atoms with E-state index in [4.69, 9.17) is 9.57 Å². The standard InChI is InChI=1S/C20H33NO6/c1-2-26-19(24)13-11-9-7-5-3-4-6-8-10-12-14-20(25)27-21-17(22)15-16-18(21)23/h2-16H2,1H3. The van der Waals surface area contributed by atoms with Crippen LogP contribution in [-0.4, -0.2) is 35.4 Å². The molecule has 0 atom stereocenters. The molecule has 0 bridgehead atoms. The molecule has 1 saturated heterocycles. The molecule has 0 spiro atoms. The van der Waals surface area contributed by atoms with Gasteiger partial charge in [0.2, 0.25) is 0 Å². The number of hydroxylamine groups is 2. The Hall–Kier alpha value is -1.92. The van der Waals surface area contributed by atoms with E-state index >= 15 is 0 Å². The zero-order valence-corrected chi connectivity index (χ0v) is 16.5. The number of esters is 1. The van der Waals surface area contributed by atoms with Gasteiger partial charge in [-0.3, -0.25) is 14.4 Å². The second-order valence-corrected chi connectivity index (χ2v) is 6.89. The minimum atomic E-state index is -0.513. The molecule has 1 fully saturated rings. The van der Waals surface area contributed by atoms with Crippen molar-refractivity contribution in [1.29, 1.82) is 0 Å². The number of carbonyl (C=O) groups excluding carboxylic acids is 4. The monoisotopic (exact) mass is 383 g/mol. The van der Waals surface area contributed by atoms with E-state index in [1.165, 1.54) is 19.3 Å². The molecule has 27 heavy (non-hydrogen) atoms. The van der Waals surface area contributed by atoms with Crippen molar-refractivity contribution >= 4 is 23.8 Å². The minimum absolute atomic E-state index is 0.0972. The first kappa shape index (κ1) is 23.1. The Bertz CT molecular complexity index is 475. The minimum Gasteiger partial charge on any atom is -0.466 e. The number of ether oxygens (including phenoxy) is 1. The van der Waals surface area contributed by atoms with E-state index in [0.29, 0.717) is 24.5 Å². The van der Waals surface area contributed by atoms with Gasteiger partial charge in [0.15, 0.2) is 0 Å². The highest BCUT2D eigenvalue weighted by molar-refractivity contribution is 6.01. The van der Waals surface area contributed by atoms with Crippen molar-refractivity contribution in [3.8, 4) is 0 Å². The highest BCUT2D eigenvalue weighted by Gasteiger charge is 2.32. The molecule has 0 radical (unpaired) electrons. The number of rotatable bonds is 15. The number of unbranched alkanes of at least 4 members (excludes halogenated alkanes) is 9. The van der Waals surface area contributed by atoms with Crippen LogP contribution in [0.1, 0.15) is 96.8 Å². The van der Waals surface area contributed by atoms with Gasteiger partial charge in [-0.05, 0) is 19.8 Å². The Morgan fingerprint density at radius 1 is 0.741 bits per heavy atom. The van der Waals surface area contributed by atoms with E-state index in [-0.39, 0.29) is 25.2 Å². The third-order valence-electron chi connectivity index (χ3n) is 4.52. The zero-order chi connectivity index (χ0) is 19.9. The predicted molar refractivity (Wildman–Crippen MR) is 99.2 cm³/mol. The summed E-state index contributed by atoms with van der Waals surface area (Å²) < 4.78 is 4.89. The van der Waals surface area contributed by atoms with Crippen LogP contribution in [0.25, 0.3) is 0 Å². The zero-order valence-electron chi connectivity index (χ0n) is 16.5. The number of imide groups is 1. The number of nitrogens with zero attached hydrogens (tertiary/aromatic N) is 1. The maximum atomic E-state index is 11.6. The molecule has 1 heterocycles. The van der Waals surface area contributed by atoms with Crippen molar-refractivity contribution in [2.75, 3.05) is 6.61 Å². The lowest BCUT2D eigenvalue weighted by Crippen LogP contribution is -2.31. The van der Waals surface area contributed by atoms with Gasteiger partial charge in [-0.2, -0.15) is 0 Å². The van der Waals surface area contributed by atoms with Gasteiger partial charge < -0.3 is 9.57 Å². The first-order valence-electron chi connectivity index (χ1n) is 10.3. The SMILES string of the molecule is CCOC(=O)CCCCCCCCCCCCC(=O)ON1C(=O)CCC1=O. The molecule has 2 amide bonds. The van der Waals surface area contributed by atoms with Crippen LogP contribution >= 0.6 is 0 Å². The predicted octanol–water partition coefficient (Wildman–Crippen LogP) is 3.84. The van der Waals surface area contributed by atoms with E-state index in [2.05, 4.69) is 0 Å². The molecular formula is C20H33NO6. The second kappa shape index (κ2) is 14.2. The summed E-state index contributed by atoms with van der Waals surface area (Å²) in [5, 5.41) is 0.606. The Kier molecular flexibility index (Phi) is 12.1. The van der Waals surface area contributed by atoms with Crippen molar-refractivity contribution in [2.45, 2.75) is 96.8 Å². The van der Waals surface area contributed by atoms with Crippen molar-refractivity contribution < 1.29 is 28.8 Å². The normalized spacial score (nSPS) is 13.9. The van der Waals surface area contributed by atoms with Crippen molar-refractivity contribution in [3.05, 3.63) is 0 Å². The number of hydrogen-bond donors (Lipinski definition) is 0. The molecule has 7 nitrogen and oxygen atoms in total. The quantitative estimate of drug-likeness (QED) is 0.242. The molecule has 0 aromatic heterocycles. The molecule has 0 N–H and O–H groups in total. The average Bonchev–Trinajstić information content (AvgIpc) is 2.94. The van der Waals surface area contributed by atoms with Gasteiger partial charge in [0.1, 0.15) is 0 Å². The van der Waals surface area contributed by atoms with Crippen molar-refractivity contribution in [1.82, 2.24) is 5.06 Å². The molecule has 7 heteroatoms. The first-order valence-corrected chi connectivity index (χ1v) is 10.3. The van der Waals surface area contributed by atoms with Gasteiger partial charge in [-0.15, -0.1) is 5.06 Å². The summed E-state index contributed by atoms with van der Waals surface area (Å²) in [5.74, 6) is -1.48. The van der Waals surface area contributed by atoms with Gasteiger partial charge >= 0.3 is 11.9 Å².